The second-order valence-corrected chi connectivity index (χ2v) is 3.54. The van der Waals surface area contributed by atoms with Gasteiger partial charge in [0.2, 0.25) is 0 Å². The van der Waals surface area contributed by atoms with E-state index in [2.05, 4.69) is 26.0 Å². The number of hydrogen-bond donors (Lipinski definition) is 0. The maximum absolute atomic E-state index is 10.5. The summed E-state index contributed by atoms with van der Waals surface area (Å²) in [6, 6.07) is 0. The molecule has 0 amide bonds. The zero-order valence-corrected chi connectivity index (χ0v) is 6.63. The fourth-order valence-electron chi connectivity index (χ4n) is 1.40. The van der Waals surface area contributed by atoms with Crippen LogP contribution in [0.15, 0.2) is 12.2 Å². The maximum atomic E-state index is 10.5. The lowest BCUT2D eigenvalue weighted by Crippen LogP contribution is -2.25. The summed E-state index contributed by atoms with van der Waals surface area (Å²) in [5.41, 5.74) is 0.0972. The number of carbonyl (C=O) groups is 1. The molecule has 1 aliphatic carbocycles. The van der Waals surface area contributed by atoms with E-state index in [1.165, 1.54) is 0 Å². The molecule has 0 saturated carbocycles. The van der Waals surface area contributed by atoms with Crippen LogP contribution in [0.3, 0.4) is 0 Å². The van der Waals surface area contributed by atoms with Crippen molar-refractivity contribution < 1.29 is 4.79 Å². The smallest absolute Gasteiger partial charge is 0.123 e. The van der Waals surface area contributed by atoms with Gasteiger partial charge in [-0.1, -0.05) is 26.0 Å². The zero-order valence-electron chi connectivity index (χ0n) is 6.63. The Morgan fingerprint density at radius 1 is 1.60 bits per heavy atom. The molecule has 56 valence electrons. The predicted molar refractivity (Wildman–Crippen MR) is 41.7 cm³/mol. The molecule has 0 radical (unpaired) electrons. The Morgan fingerprint density at radius 2 is 2.30 bits per heavy atom. The number of rotatable bonds is 1. The SMILES string of the molecule is CC1(C)C=CCCC1C=O. The average Bonchev–Trinajstić information content (AvgIpc) is 1.87. The highest BCUT2D eigenvalue weighted by Gasteiger charge is 2.27. The van der Waals surface area contributed by atoms with E-state index in [9.17, 15) is 4.79 Å². The van der Waals surface area contributed by atoms with Crippen molar-refractivity contribution in [2.24, 2.45) is 11.3 Å². The van der Waals surface area contributed by atoms with E-state index in [4.69, 9.17) is 0 Å². The Morgan fingerprint density at radius 3 is 2.70 bits per heavy atom. The summed E-state index contributed by atoms with van der Waals surface area (Å²) in [6.07, 6.45) is 7.49. The van der Waals surface area contributed by atoms with Gasteiger partial charge in [0.05, 0.1) is 0 Å². The third-order valence-corrected chi connectivity index (χ3v) is 2.31. The third-order valence-electron chi connectivity index (χ3n) is 2.31. The number of hydrogen-bond acceptors (Lipinski definition) is 1. The van der Waals surface area contributed by atoms with Crippen LogP contribution in [0.2, 0.25) is 0 Å². The quantitative estimate of drug-likeness (QED) is 0.401. The summed E-state index contributed by atoms with van der Waals surface area (Å²) in [4.78, 5) is 10.5. The first-order chi connectivity index (χ1) is 4.67. The highest BCUT2D eigenvalue weighted by molar-refractivity contribution is 5.56. The monoisotopic (exact) mass is 138 g/mol. The fourth-order valence-corrected chi connectivity index (χ4v) is 1.40. The molecular weight excluding hydrogens is 124 g/mol. The maximum Gasteiger partial charge on any atom is 0.123 e. The van der Waals surface area contributed by atoms with E-state index in [1.54, 1.807) is 0 Å². The molecule has 0 spiro atoms. The second kappa shape index (κ2) is 2.57. The molecule has 1 rings (SSSR count). The molecule has 1 nitrogen and oxygen atoms in total. The fraction of sp³-hybridized carbons (Fsp3) is 0.667. The van der Waals surface area contributed by atoms with Crippen LogP contribution in [-0.2, 0) is 4.79 Å². The van der Waals surface area contributed by atoms with Gasteiger partial charge in [0.25, 0.3) is 0 Å². The first kappa shape index (κ1) is 7.52. The van der Waals surface area contributed by atoms with Gasteiger partial charge in [-0.3, -0.25) is 0 Å². The molecular formula is C9H14O. The van der Waals surface area contributed by atoms with Gasteiger partial charge >= 0.3 is 0 Å². The van der Waals surface area contributed by atoms with Crippen molar-refractivity contribution in [3.8, 4) is 0 Å². The molecule has 0 aromatic heterocycles. The summed E-state index contributed by atoms with van der Waals surface area (Å²) < 4.78 is 0. The third kappa shape index (κ3) is 1.28. The van der Waals surface area contributed by atoms with E-state index in [0.717, 1.165) is 19.1 Å². The lowest BCUT2D eigenvalue weighted by atomic mass is 9.74. The van der Waals surface area contributed by atoms with Crippen LogP contribution in [0, 0.1) is 11.3 Å². The first-order valence-corrected chi connectivity index (χ1v) is 3.80. The van der Waals surface area contributed by atoms with Gasteiger partial charge in [0, 0.05) is 5.92 Å². The highest BCUT2D eigenvalue weighted by atomic mass is 16.1. The van der Waals surface area contributed by atoms with Gasteiger partial charge in [0.15, 0.2) is 0 Å². The summed E-state index contributed by atoms with van der Waals surface area (Å²) in [5, 5.41) is 0. The van der Waals surface area contributed by atoms with Crippen molar-refractivity contribution in [2.75, 3.05) is 0 Å². The van der Waals surface area contributed by atoms with Crippen LogP contribution < -0.4 is 0 Å². The van der Waals surface area contributed by atoms with Crippen molar-refractivity contribution in [1.82, 2.24) is 0 Å². The van der Waals surface area contributed by atoms with Gasteiger partial charge in [-0.2, -0.15) is 0 Å². The second-order valence-electron chi connectivity index (χ2n) is 3.54. The predicted octanol–water partition coefficient (Wildman–Crippen LogP) is 2.18. The van der Waals surface area contributed by atoms with Crippen LogP contribution in [0.4, 0.5) is 0 Å². The molecule has 0 fully saturated rings. The Bertz CT molecular complexity index is 156. The van der Waals surface area contributed by atoms with Gasteiger partial charge in [-0.05, 0) is 18.3 Å². The summed E-state index contributed by atoms with van der Waals surface area (Å²) in [5.74, 6) is 0.234. The minimum absolute atomic E-state index is 0.0972. The molecule has 0 bridgehead atoms. The van der Waals surface area contributed by atoms with Crippen LogP contribution in [0.25, 0.3) is 0 Å². The molecule has 1 unspecified atom stereocenters. The molecule has 0 saturated heterocycles. The minimum atomic E-state index is 0.0972. The summed E-state index contributed by atoms with van der Waals surface area (Å²) in [7, 11) is 0. The van der Waals surface area contributed by atoms with E-state index in [-0.39, 0.29) is 11.3 Å². The highest BCUT2D eigenvalue weighted by Crippen LogP contribution is 2.34. The molecule has 1 atom stereocenters. The van der Waals surface area contributed by atoms with Crippen molar-refractivity contribution in [2.45, 2.75) is 26.7 Å². The molecule has 0 heterocycles. The number of carbonyl (C=O) groups excluding carboxylic acids is 1. The van der Waals surface area contributed by atoms with Crippen molar-refractivity contribution in [1.29, 1.82) is 0 Å². The van der Waals surface area contributed by atoms with Gasteiger partial charge in [-0.25, -0.2) is 0 Å². The largest absolute Gasteiger partial charge is 0.303 e. The van der Waals surface area contributed by atoms with E-state index in [0.29, 0.717) is 0 Å². The first-order valence-electron chi connectivity index (χ1n) is 3.80. The van der Waals surface area contributed by atoms with E-state index in [1.807, 2.05) is 0 Å². The van der Waals surface area contributed by atoms with Crippen LogP contribution >= 0.6 is 0 Å². The number of aldehydes is 1. The summed E-state index contributed by atoms with van der Waals surface area (Å²) in [6.45, 7) is 4.23. The van der Waals surface area contributed by atoms with E-state index < -0.39 is 0 Å². The summed E-state index contributed by atoms with van der Waals surface area (Å²) >= 11 is 0. The molecule has 1 aliphatic rings. The standard InChI is InChI=1S/C9H14O/c1-9(2)6-4-3-5-8(9)7-10/h4,6-8H,3,5H2,1-2H3. The molecule has 10 heavy (non-hydrogen) atoms. The Balaban J connectivity index is 2.75. The van der Waals surface area contributed by atoms with Crippen LogP contribution in [0.1, 0.15) is 26.7 Å². The average molecular weight is 138 g/mol. The van der Waals surface area contributed by atoms with Crippen LogP contribution in [-0.4, -0.2) is 6.29 Å². The molecule has 0 aliphatic heterocycles. The Labute approximate surface area is 62.1 Å². The van der Waals surface area contributed by atoms with Crippen molar-refractivity contribution >= 4 is 6.29 Å². The molecule has 0 aromatic rings. The Kier molecular flexibility index (Phi) is 1.93. The van der Waals surface area contributed by atoms with Gasteiger partial charge < -0.3 is 4.79 Å². The molecule has 0 aromatic carbocycles. The molecule has 1 heteroatoms. The lowest BCUT2D eigenvalue weighted by Gasteiger charge is -2.30. The lowest BCUT2D eigenvalue weighted by molar-refractivity contribution is -0.113. The van der Waals surface area contributed by atoms with Gasteiger partial charge in [0.1, 0.15) is 6.29 Å². The van der Waals surface area contributed by atoms with Crippen molar-refractivity contribution in [3.63, 3.8) is 0 Å². The van der Waals surface area contributed by atoms with Crippen molar-refractivity contribution in [3.05, 3.63) is 12.2 Å². The van der Waals surface area contributed by atoms with E-state index >= 15 is 0 Å². The topological polar surface area (TPSA) is 17.1 Å². The van der Waals surface area contributed by atoms with Gasteiger partial charge in [-0.15, -0.1) is 0 Å². The number of allylic oxidation sites excluding steroid dienone is 2. The normalized spacial score (nSPS) is 30.0. The minimum Gasteiger partial charge on any atom is -0.303 e. The molecule has 0 N–H and O–H groups in total. The van der Waals surface area contributed by atoms with Crippen LogP contribution in [0.5, 0.6) is 0 Å². The Hall–Kier alpha value is -0.590. The zero-order chi connectivity index (χ0) is 7.61.